The van der Waals surface area contributed by atoms with Crippen molar-refractivity contribution in [1.29, 1.82) is 0 Å². The van der Waals surface area contributed by atoms with Crippen LogP contribution in [0.3, 0.4) is 0 Å². The zero-order valence-corrected chi connectivity index (χ0v) is 10.2. The highest BCUT2D eigenvalue weighted by atomic mass is 79.9. The molecule has 0 aliphatic carbocycles. The van der Waals surface area contributed by atoms with Crippen molar-refractivity contribution in [1.82, 2.24) is 4.90 Å². The van der Waals surface area contributed by atoms with Gasteiger partial charge in [-0.3, -0.25) is 4.79 Å². The smallest absolute Gasteiger partial charge is 0.225 e. The predicted octanol–water partition coefficient (Wildman–Crippen LogP) is 2.27. The van der Waals surface area contributed by atoms with Crippen LogP contribution >= 0.6 is 15.9 Å². The molecule has 0 saturated carbocycles. The van der Waals surface area contributed by atoms with Gasteiger partial charge in [0.25, 0.3) is 0 Å². The minimum atomic E-state index is 0.138. The van der Waals surface area contributed by atoms with Crippen molar-refractivity contribution in [2.75, 3.05) is 13.1 Å². The summed E-state index contributed by atoms with van der Waals surface area (Å²) in [5.41, 5.74) is 0. The van der Waals surface area contributed by atoms with Crippen LogP contribution in [-0.2, 0) is 4.79 Å². The summed E-state index contributed by atoms with van der Waals surface area (Å²) in [6, 6.07) is 0. The number of carbonyl (C=O) groups excluding carboxylic acids is 1. The Bertz CT molecular complexity index is 193. The molecule has 0 bridgehead atoms. The molecule has 0 aromatic carbocycles. The van der Waals surface area contributed by atoms with Gasteiger partial charge in [0.15, 0.2) is 0 Å². The summed E-state index contributed by atoms with van der Waals surface area (Å²) in [6.07, 6.45) is 1.08. The van der Waals surface area contributed by atoms with Gasteiger partial charge in [0, 0.05) is 23.8 Å². The lowest BCUT2D eigenvalue weighted by Crippen LogP contribution is -2.44. The van der Waals surface area contributed by atoms with Crippen LogP contribution in [0.1, 0.15) is 27.2 Å². The van der Waals surface area contributed by atoms with E-state index < -0.39 is 0 Å². The first-order valence-electron chi connectivity index (χ1n) is 4.95. The Morgan fingerprint density at radius 3 is 2.62 bits per heavy atom. The normalized spacial score (nSPS) is 29.5. The number of nitrogens with zero attached hydrogens (tertiary/aromatic N) is 1. The van der Waals surface area contributed by atoms with Crippen molar-refractivity contribution >= 4 is 21.8 Å². The molecule has 1 saturated heterocycles. The summed E-state index contributed by atoms with van der Waals surface area (Å²) in [6.45, 7) is 7.95. The fourth-order valence-electron chi connectivity index (χ4n) is 1.68. The van der Waals surface area contributed by atoms with E-state index in [9.17, 15) is 4.79 Å². The molecule has 1 aliphatic rings. The van der Waals surface area contributed by atoms with E-state index in [-0.39, 0.29) is 5.92 Å². The van der Waals surface area contributed by atoms with E-state index in [0.29, 0.717) is 16.7 Å². The van der Waals surface area contributed by atoms with Gasteiger partial charge in [0.2, 0.25) is 5.91 Å². The molecule has 0 aromatic heterocycles. The van der Waals surface area contributed by atoms with Crippen molar-refractivity contribution in [3.8, 4) is 0 Å². The van der Waals surface area contributed by atoms with Gasteiger partial charge in [-0.25, -0.2) is 0 Å². The summed E-state index contributed by atoms with van der Waals surface area (Å²) in [5.74, 6) is 1.02. The number of likely N-dealkylation sites (tertiary alicyclic amines) is 1. The van der Waals surface area contributed by atoms with Crippen molar-refractivity contribution in [2.45, 2.75) is 32.0 Å². The topological polar surface area (TPSA) is 20.3 Å². The number of hydrogen-bond donors (Lipinski definition) is 0. The lowest BCUT2D eigenvalue weighted by atomic mass is 9.99. The Labute approximate surface area is 88.8 Å². The van der Waals surface area contributed by atoms with Crippen LogP contribution in [0.5, 0.6) is 0 Å². The number of halogens is 1. The van der Waals surface area contributed by atoms with E-state index in [4.69, 9.17) is 0 Å². The van der Waals surface area contributed by atoms with E-state index >= 15 is 0 Å². The fourth-order valence-corrected chi connectivity index (χ4v) is 2.05. The molecule has 2 unspecified atom stereocenters. The first-order valence-corrected chi connectivity index (χ1v) is 5.86. The molecule has 0 aromatic rings. The molecule has 13 heavy (non-hydrogen) atoms. The third kappa shape index (κ3) is 2.70. The SMILES string of the molecule is CC(C)C(=O)N1CCC(Br)C(C)C1. The Kier molecular flexibility index (Phi) is 3.77. The van der Waals surface area contributed by atoms with Gasteiger partial charge in [0.1, 0.15) is 0 Å². The first kappa shape index (κ1) is 11.0. The number of amides is 1. The van der Waals surface area contributed by atoms with Gasteiger partial charge in [-0.2, -0.15) is 0 Å². The van der Waals surface area contributed by atoms with E-state index in [0.717, 1.165) is 19.5 Å². The number of rotatable bonds is 1. The maximum Gasteiger partial charge on any atom is 0.225 e. The highest BCUT2D eigenvalue weighted by Gasteiger charge is 2.27. The second-order valence-corrected chi connectivity index (χ2v) is 5.40. The van der Waals surface area contributed by atoms with Crippen molar-refractivity contribution < 1.29 is 4.79 Å². The van der Waals surface area contributed by atoms with Crippen molar-refractivity contribution in [3.05, 3.63) is 0 Å². The molecule has 0 N–H and O–H groups in total. The molecule has 1 rings (SSSR count). The number of carbonyl (C=O) groups is 1. The number of alkyl halides is 1. The van der Waals surface area contributed by atoms with Gasteiger partial charge in [-0.05, 0) is 12.3 Å². The lowest BCUT2D eigenvalue weighted by molar-refractivity contribution is -0.136. The first-order chi connectivity index (χ1) is 6.02. The second-order valence-electron chi connectivity index (χ2n) is 4.22. The van der Waals surface area contributed by atoms with Crippen LogP contribution in [0.4, 0.5) is 0 Å². The largest absolute Gasteiger partial charge is 0.342 e. The average molecular weight is 248 g/mol. The molecule has 1 fully saturated rings. The van der Waals surface area contributed by atoms with Gasteiger partial charge in [0.05, 0.1) is 0 Å². The minimum absolute atomic E-state index is 0.138. The molecular formula is C10H18BrNO. The van der Waals surface area contributed by atoms with E-state index in [1.54, 1.807) is 0 Å². The van der Waals surface area contributed by atoms with Gasteiger partial charge < -0.3 is 4.90 Å². The number of hydrogen-bond acceptors (Lipinski definition) is 1. The minimum Gasteiger partial charge on any atom is -0.342 e. The Balaban J connectivity index is 2.50. The molecule has 1 heterocycles. The average Bonchev–Trinajstić information content (AvgIpc) is 2.08. The van der Waals surface area contributed by atoms with Crippen LogP contribution in [0.15, 0.2) is 0 Å². The Morgan fingerprint density at radius 2 is 2.15 bits per heavy atom. The van der Waals surface area contributed by atoms with Crippen LogP contribution in [0.25, 0.3) is 0 Å². The van der Waals surface area contributed by atoms with Gasteiger partial charge in [-0.1, -0.05) is 36.7 Å². The monoisotopic (exact) mass is 247 g/mol. The summed E-state index contributed by atoms with van der Waals surface area (Å²) in [5, 5.41) is 0. The quantitative estimate of drug-likeness (QED) is 0.652. The highest BCUT2D eigenvalue weighted by Crippen LogP contribution is 2.24. The Morgan fingerprint density at radius 1 is 1.54 bits per heavy atom. The molecule has 1 aliphatic heterocycles. The summed E-state index contributed by atoms with van der Waals surface area (Å²) < 4.78 is 0. The maximum atomic E-state index is 11.7. The van der Waals surface area contributed by atoms with Crippen LogP contribution in [0, 0.1) is 11.8 Å². The third-order valence-electron chi connectivity index (χ3n) is 2.61. The van der Waals surface area contributed by atoms with Crippen molar-refractivity contribution in [2.24, 2.45) is 11.8 Å². The maximum absolute atomic E-state index is 11.7. The highest BCUT2D eigenvalue weighted by molar-refractivity contribution is 9.09. The van der Waals surface area contributed by atoms with Crippen LogP contribution in [-0.4, -0.2) is 28.7 Å². The van der Waals surface area contributed by atoms with E-state index in [1.165, 1.54) is 0 Å². The zero-order chi connectivity index (χ0) is 10.0. The van der Waals surface area contributed by atoms with Gasteiger partial charge >= 0.3 is 0 Å². The molecular weight excluding hydrogens is 230 g/mol. The zero-order valence-electron chi connectivity index (χ0n) is 8.59. The summed E-state index contributed by atoms with van der Waals surface area (Å²) >= 11 is 3.63. The van der Waals surface area contributed by atoms with Crippen LogP contribution in [0.2, 0.25) is 0 Å². The van der Waals surface area contributed by atoms with Crippen LogP contribution < -0.4 is 0 Å². The Hall–Kier alpha value is -0.0500. The molecule has 0 spiro atoms. The van der Waals surface area contributed by atoms with E-state index in [2.05, 4.69) is 22.9 Å². The van der Waals surface area contributed by atoms with Gasteiger partial charge in [-0.15, -0.1) is 0 Å². The molecule has 76 valence electrons. The number of piperidine rings is 1. The molecule has 2 nitrogen and oxygen atoms in total. The second kappa shape index (κ2) is 4.45. The fraction of sp³-hybridized carbons (Fsp3) is 0.900. The lowest BCUT2D eigenvalue weighted by Gasteiger charge is -2.35. The summed E-state index contributed by atoms with van der Waals surface area (Å²) in [4.78, 5) is 14.2. The third-order valence-corrected chi connectivity index (χ3v) is 3.97. The molecule has 1 amide bonds. The standard InChI is InChI=1S/C10H18BrNO/c1-7(2)10(13)12-5-4-9(11)8(3)6-12/h7-9H,4-6H2,1-3H3. The molecule has 0 radical (unpaired) electrons. The summed E-state index contributed by atoms with van der Waals surface area (Å²) in [7, 11) is 0. The molecule has 3 heteroatoms. The predicted molar refractivity (Wildman–Crippen MR) is 57.9 cm³/mol. The van der Waals surface area contributed by atoms with E-state index in [1.807, 2.05) is 18.7 Å². The van der Waals surface area contributed by atoms with Crippen molar-refractivity contribution in [3.63, 3.8) is 0 Å². The molecule has 2 atom stereocenters.